The van der Waals surface area contributed by atoms with Gasteiger partial charge in [-0.1, -0.05) is 48.5 Å². The first kappa shape index (κ1) is 20.8. The van der Waals surface area contributed by atoms with Gasteiger partial charge in [0.2, 0.25) is 5.76 Å². The Bertz CT molecular complexity index is 1180. The van der Waals surface area contributed by atoms with Crippen molar-refractivity contribution >= 4 is 23.7 Å². The van der Waals surface area contributed by atoms with Gasteiger partial charge in [0.25, 0.3) is 5.91 Å². The van der Waals surface area contributed by atoms with Gasteiger partial charge in [0.1, 0.15) is 13.2 Å². The Morgan fingerprint density at radius 2 is 1.64 bits per heavy atom. The summed E-state index contributed by atoms with van der Waals surface area (Å²) in [6.45, 7) is -0.289. The van der Waals surface area contributed by atoms with Crippen molar-refractivity contribution in [3.63, 3.8) is 0 Å². The zero-order valence-corrected chi connectivity index (χ0v) is 17.7. The number of ether oxygens (including phenoxy) is 1. The fourth-order valence-corrected chi connectivity index (χ4v) is 4.35. The van der Waals surface area contributed by atoms with Crippen LogP contribution in [0.5, 0.6) is 0 Å². The number of furan rings is 1. The Balaban J connectivity index is 1.27. The Hall–Kier alpha value is -4.07. The highest BCUT2D eigenvalue weighted by Gasteiger charge is 2.37. The predicted molar refractivity (Wildman–Crippen MR) is 119 cm³/mol. The third-order valence-corrected chi connectivity index (χ3v) is 5.99. The Morgan fingerprint density at radius 3 is 2.24 bits per heavy atom. The quantitative estimate of drug-likeness (QED) is 0.559. The van der Waals surface area contributed by atoms with E-state index in [1.807, 2.05) is 36.4 Å². The molecule has 0 aliphatic heterocycles. The van der Waals surface area contributed by atoms with E-state index >= 15 is 0 Å². The van der Waals surface area contributed by atoms with Crippen LogP contribution >= 0.6 is 0 Å². The molecule has 0 atom stereocenters. The summed E-state index contributed by atoms with van der Waals surface area (Å²) in [5, 5.41) is 11.7. The first-order chi connectivity index (χ1) is 16.0. The smallest absolute Gasteiger partial charge is 0.411 e. The molecule has 0 bridgehead atoms. The molecule has 2 aliphatic carbocycles. The molecule has 2 amide bonds. The van der Waals surface area contributed by atoms with Crippen LogP contribution in [0.4, 0.5) is 10.5 Å². The summed E-state index contributed by atoms with van der Waals surface area (Å²) in [5.74, 6) is -1.88. The first-order valence-electron chi connectivity index (χ1n) is 10.7. The van der Waals surface area contributed by atoms with Crippen molar-refractivity contribution < 1.29 is 28.6 Å². The van der Waals surface area contributed by atoms with Gasteiger partial charge in [-0.15, -0.1) is 0 Å². The average molecular weight is 446 g/mol. The predicted octanol–water partition coefficient (Wildman–Crippen LogP) is 4.33. The Labute approximate surface area is 189 Å². The van der Waals surface area contributed by atoms with Crippen LogP contribution in [0.25, 0.3) is 11.1 Å². The normalized spacial score (nSPS) is 14.3. The lowest BCUT2D eigenvalue weighted by Gasteiger charge is -2.19. The number of hydrogen-bond donors (Lipinski definition) is 2. The van der Waals surface area contributed by atoms with Gasteiger partial charge in [0.05, 0.1) is 12.0 Å². The highest BCUT2D eigenvalue weighted by molar-refractivity contribution is 6.01. The van der Waals surface area contributed by atoms with Gasteiger partial charge in [-0.05, 0) is 35.1 Å². The van der Waals surface area contributed by atoms with Crippen molar-refractivity contribution in [3.05, 3.63) is 77.7 Å². The highest BCUT2D eigenvalue weighted by Crippen LogP contribution is 2.44. The maximum atomic E-state index is 12.8. The van der Waals surface area contributed by atoms with E-state index in [2.05, 4.69) is 17.4 Å². The standard InChI is InChI=1S/C25H22N2O6/c28-22(29)13-27(15-9-10-15)24(30)23-21(11-12-32-23)26-25(31)33-14-20-18-7-3-1-5-16(18)17-6-2-4-8-19(17)20/h1-8,11-12,15,20H,9-10,13-14H2,(H,26,31)(H,28,29). The summed E-state index contributed by atoms with van der Waals surface area (Å²) in [5.41, 5.74) is 4.60. The van der Waals surface area contributed by atoms with Gasteiger partial charge in [0.15, 0.2) is 0 Å². The van der Waals surface area contributed by atoms with E-state index in [0.29, 0.717) is 0 Å². The van der Waals surface area contributed by atoms with Crippen molar-refractivity contribution in [2.75, 3.05) is 18.5 Å². The van der Waals surface area contributed by atoms with Crippen LogP contribution in [0.15, 0.2) is 65.3 Å². The minimum atomic E-state index is -1.10. The van der Waals surface area contributed by atoms with Crippen LogP contribution in [0.1, 0.15) is 40.4 Å². The molecular formula is C25H22N2O6. The number of rotatable bonds is 7. The van der Waals surface area contributed by atoms with Crippen LogP contribution in [-0.2, 0) is 9.53 Å². The molecular weight excluding hydrogens is 424 g/mol. The number of carbonyl (C=O) groups is 3. The molecule has 5 rings (SSSR count). The van der Waals surface area contributed by atoms with E-state index in [9.17, 15) is 14.4 Å². The lowest BCUT2D eigenvalue weighted by Crippen LogP contribution is -2.37. The molecule has 2 aromatic carbocycles. The van der Waals surface area contributed by atoms with Crippen molar-refractivity contribution in [1.82, 2.24) is 4.90 Å². The molecule has 2 aliphatic rings. The maximum Gasteiger partial charge on any atom is 0.411 e. The number of nitrogens with zero attached hydrogens (tertiary/aromatic N) is 1. The minimum Gasteiger partial charge on any atom is -0.480 e. The molecule has 0 spiro atoms. The van der Waals surface area contributed by atoms with Gasteiger partial charge in [-0.3, -0.25) is 14.9 Å². The summed E-state index contributed by atoms with van der Waals surface area (Å²) in [6, 6.07) is 17.4. The topological polar surface area (TPSA) is 109 Å². The van der Waals surface area contributed by atoms with E-state index in [0.717, 1.165) is 35.1 Å². The van der Waals surface area contributed by atoms with Crippen molar-refractivity contribution in [3.8, 4) is 11.1 Å². The molecule has 33 heavy (non-hydrogen) atoms. The monoisotopic (exact) mass is 446 g/mol. The van der Waals surface area contributed by atoms with Crippen LogP contribution in [0.3, 0.4) is 0 Å². The SMILES string of the molecule is O=C(O)CN(C(=O)c1occc1NC(=O)OCC1c2ccccc2-c2ccccc21)C1CC1. The first-order valence-corrected chi connectivity index (χ1v) is 10.7. The number of amides is 2. The molecule has 1 fully saturated rings. The number of benzene rings is 2. The number of aliphatic carboxylic acids is 1. The van der Waals surface area contributed by atoms with Crippen LogP contribution in [-0.4, -0.2) is 47.2 Å². The molecule has 8 heteroatoms. The number of nitrogens with one attached hydrogen (secondary N) is 1. The summed E-state index contributed by atoms with van der Waals surface area (Å²) >= 11 is 0. The highest BCUT2D eigenvalue weighted by atomic mass is 16.5. The summed E-state index contributed by atoms with van der Waals surface area (Å²) in [4.78, 5) is 37.8. The fraction of sp³-hybridized carbons (Fsp3) is 0.240. The molecule has 1 saturated carbocycles. The number of carboxylic acids is 1. The zero-order valence-electron chi connectivity index (χ0n) is 17.7. The van der Waals surface area contributed by atoms with Gasteiger partial charge < -0.3 is 19.2 Å². The van der Waals surface area contributed by atoms with E-state index in [1.54, 1.807) is 0 Å². The van der Waals surface area contributed by atoms with E-state index < -0.39 is 24.5 Å². The fourth-order valence-electron chi connectivity index (χ4n) is 4.35. The summed E-state index contributed by atoms with van der Waals surface area (Å²) in [6.07, 6.45) is 2.05. The molecule has 0 saturated heterocycles. The van der Waals surface area contributed by atoms with Gasteiger partial charge in [-0.25, -0.2) is 4.79 Å². The third kappa shape index (κ3) is 4.07. The molecule has 1 aromatic heterocycles. The van der Waals surface area contributed by atoms with E-state index in [1.165, 1.54) is 17.2 Å². The number of anilines is 1. The second-order valence-corrected chi connectivity index (χ2v) is 8.17. The lowest BCUT2D eigenvalue weighted by atomic mass is 9.98. The number of carbonyl (C=O) groups excluding carboxylic acids is 2. The van der Waals surface area contributed by atoms with Crippen LogP contribution in [0, 0.1) is 0 Å². The number of fused-ring (bicyclic) bond motifs is 3. The zero-order chi connectivity index (χ0) is 22.9. The second-order valence-electron chi connectivity index (χ2n) is 8.17. The molecule has 2 N–H and O–H groups in total. The molecule has 0 unspecified atom stereocenters. The minimum absolute atomic E-state index is 0.0884. The second kappa shape index (κ2) is 8.46. The largest absolute Gasteiger partial charge is 0.480 e. The van der Waals surface area contributed by atoms with Gasteiger partial charge >= 0.3 is 12.1 Å². The molecule has 1 heterocycles. The van der Waals surface area contributed by atoms with Gasteiger partial charge in [0, 0.05) is 18.0 Å². The van der Waals surface area contributed by atoms with E-state index in [4.69, 9.17) is 14.3 Å². The molecule has 8 nitrogen and oxygen atoms in total. The Morgan fingerprint density at radius 1 is 1.00 bits per heavy atom. The molecule has 168 valence electrons. The van der Waals surface area contributed by atoms with Crippen LogP contribution < -0.4 is 5.32 Å². The maximum absolute atomic E-state index is 12.8. The Kier molecular flexibility index (Phi) is 5.34. The summed E-state index contributed by atoms with van der Waals surface area (Å²) < 4.78 is 10.8. The molecule has 3 aromatic rings. The van der Waals surface area contributed by atoms with Gasteiger partial charge in [-0.2, -0.15) is 0 Å². The van der Waals surface area contributed by atoms with Crippen LogP contribution in [0.2, 0.25) is 0 Å². The van der Waals surface area contributed by atoms with E-state index in [-0.39, 0.29) is 30.0 Å². The summed E-state index contributed by atoms with van der Waals surface area (Å²) in [7, 11) is 0. The molecule has 0 radical (unpaired) electrons. The third-order valence-electron chi connectivity index (χ3n) is 5.99. The average Bonchev–Trinajstić information content (AvgIpc) is 3.47. The van der Waals surface area contributed by atoms with Crippen molar-refractivity contribution in [1.29, 1.82) is 0 Å². The lowest BCUT2D eigenvalue weighted by molar-refractivity contribution is -0.137. The van der Waals surface area contributed by atoms with Crippen molar-refractivity contribution in [2.45, 2.75) is 24.8 Å². The number of hydrogen-bond acceptors (Lipinski definition) is 5. The number of carboxylic acid groups (broad SMARTS) is 1. The van der Waals surface area contributed by atoms with Crippen molar-refractivity contribution in [2.24, 2.45) is 0 Å².